The Morgan fingerprint density at radius 3 is 2.55 bits per heavy atom. The molecule has 4 aromatic rings. The van der Waals surface area contributed by atoms with E-state index in [-0.39, 0.29) is 17.3 Å². The third kappa shape index (κ3) is 5.37. The summed E-state index contributed by atoms with van der Waals surface area (Å²) in [6, 6.07) is 19.1. The summed E-state index contributed by atoms with van der Waals surface area (Å²) in [7, 11) is 0. The van der Waals surface area contributed by atoms with Crippen LogP contribution in [0.25, 0.3) is 10.9 Å². The molecule has 0 aliphatic rings. The normalized spacial score (nSPS) is 12.4. The van der Waals surface area contributed by atoms with E-state index < -0.39 is 0 Å². The molecular formula is C26H23BrFN3O2. The SMILES string of the molecule is CC[C@@H](C)c1nc2ccc(Br)cc2c(=O)n1N=Cc1ccc(OCc2ccc(F)cc2)cc1. The van der Waals surface area contributed by atoms with E-state index in [4.69, 9.17) is 9.72 Å². The van der Waals surface area contributed by atoms with Gasteiger partial charge in [0.15, 0.2) is 0 Å². The summed E-state index contributed by atoms with van der Waals surface area (Å²) in [6.07, 6.45) is 2.48. The molecule has 3 aromatic carbocycles. The number of halogens is 2. The second-order valence-corrected chi connectivity index (χ2v) is 8.70. The number of benzene rings is 3. The van der Waals surface area contributed by atoms with Crippen molar-refractivity contribution in [2.45, 2.75) is 32.8 Å². The molecule has 0 saturated carbocycles. The molecule has 0 aliphatic carbocycles. The van der Waals surface area contributed by atoms with Crippen molar-refractivity contribution in [3.8, 4) is 5.75 Å². The van der Waals surface area contributed by atoms with E-state index in [1.54, 1.807) is 24.4 Å². The van der Waals surface area contributed by atoms with Gasteiger partial charge in [0.05, 0.1) is 17.1 Å². The fourth-order valence-electron chi connectivity index (χ4n) is 3.30. The largest absolute Gasteiger partial charge is 0.489 e. The Morgan fingerprint density at radius 2 is 1.85 bits per heavy atom. The maximum atomic E-state index is 13.2. The second kappa shape index (κ2) is 10.1. The number of ether oxygens (including phenoxy) is 1. The Balaban J connectivity index is 1.57. The molecule has 0 aliphatic heterocycles. The van der Waals surface area contributed by atoms with E-state index in [1.807, 2.05) is 43.3 Å². The average Bonchev–Trinajstić information content (AvgIpc) is 2.83. The van der Waals surface area contributed by atoms with Gasteiger partial charge in [-0.05, 0) is 72.1 Å². The Kier molecular flexibility index (Phi) is 6.99. The van der Waals surface area contributed by atoms with Crippen LogP contribution in [0.5, 0.6) is 5.75 Å². The summed E-state index contributed by atoms with van der Waals surface area (Å²) in [4.78, 5) is 17.9. The molecule has 4 rings (SSSR count). The van der Waals surface area contributed by atoms with Crippen LogP contribution < -0.4 is 10.3 Å². The van der Waals surface area contributed by atoms with Crippen molar-refractivity contribution in [1.82, 2.24) is 9.66 Å². The highest BCUT2D eigenvalue weighted by Crippen LogP contribution is 2.21. The first kappa shape index (κ1) is 22.9. The lowest BCUT2D eigenvalue weighted by Gasteiger charge is -2.14. The minimum atomic E-state index is -0.271. The molecule has 7 heteroatoms. The number of hydrogen-bond donors (Lipinski definition) is 0. The summed E-state index contributed by atoms with van der Waals surface area (Å²) >= 11 is 3.42. The zero-order chi connectivity index (χ0) is 23.4. The highest BCUT2D eigenvalue weighted by atomic mass is 79.9. The van der Waals surface area contributed by atoms with Gasteiger partial charge in [-0.3, -0.25) is 4.79 Å². The summed E-state index contributed by atoms with van der Waals surface area (Å²) in [6.45, 7) is 4.44. The molecule has 168 valence electrons. The van der Waals surface area contributed by atoms with Gasteiger partial charge in [-0.15, -0.1) is 0 Å². The van der Waals surface area contributed by atoms with Gasteiger partial charge in [-0.1, -0.05) is 41.9 Å². The first-order chi connectivity index (χ1) is 15.9. The van der Waals surface area contributed by atoms with E-state index in [0.717, 1.165) is 22.0 Å². The monoisotopic (exact) mass is 507 g/mol. The van der Waals surface area contributed by atoms with Crippen molar-refractivity contribution < 1.29 is 9.13 Å². The molecular weight excluding hydrogens is 485 g/mol. The summed E-state index contributed by atoms with van der Waals surface area (Å²) < 4.78 is 21.0. The maximum absolute atomic E-state index is 13.2. The van der Waals surface area contributed by atoms with Gasteiger partial charge in [0, 0.05) is 10.4 Å². The Hall–Kier alpha value is -3.32. The van der Waals surface area contributed by atoms with Gasteiger partial charge in [-0.25, -0.2) is 9.37 Å². The Labute approximate surface area is 199 Å². The van der Waals surface area contributed by atoms with Crippen LogP contribution in [0.1, 0.15) is 43.1 Å². The van der Waals surface area contributed by atoms with Gasteiger partial charge < -0.3 is 4.74 Å². The van der Waals surface area contributed by atoms with Crippen molar-refractivity contribution in [2.75, 3.05) is 0 Å². The van der Waals surface area contributed by atoms with E-state index in [9.17, 15) is 9.18 Å². The molecule has 0 unspecified atom stereocenters. The maximum Gasteiger partial charge on any atom is 0.282 e. The molecule has 0 saturated heterocycles. The van der Waals surface area contributed by atoms with Crippen LogP contribution in [0.2, 0.25) is 0 Å². The zero-order valence-electron chi connectivity index (χ0n) is 18.3. The molecule has 0 bridgehead atoms. The van der Waals surface area contributed by atoms with E-state index in [0.29, 0.717) is 29.1 Å². The smallest absolute Gasteiger partial charge is 0.282 e. The van der Waals surface area contributed by atoms with Crippen LogP contribution in [-0.4, -0.2) is 15.9 Å². The van der Waals surface area contributed by atoms with Crippen LogP contribution in [0, 0.1) is 5.82 Å². The summed E-state index contributed by atoms with van der Waals surface area (Å²) in [5.41, 5.74) is 2.16. The van der Waals surface area contributed by atoms with Crippen molar-refractivity contribution in [3.05, 3.63) is 104 Å². The molecule has 5 nitrogen and oxygen atoms in total. The summed E-state index contributed by atoms with van der Waals surface area (Å²) in [5.74, 6) is 1.12. The minimum absolute atomic E-state index is 0.0742. The molecule has 0 amide bonds. The molecule has 0 fully saturated rings. The zero-order valence-corrected chi connectivity index (χ0v) is 19.9. The number of fused-ring (bicyclic) bond motifs is 1. The van der Waals surface area contributed by atoms with Gasteiger partial charge in [0.1, 0.15) is 24.0 Å². The number of nitrogens with zero attached hydrogens (tertiary/aromatic N) is 3. The van der Waals surface area contributed by atoms with Crippen molar-refractivity contribution in [3.63, 3.8) is 0 Å². The van der Waals surface area contributed by atoms with Gasteiger partial charge in [0.25, 0.3) is 5.56 Å². The predicted octanol–water partition coefficient (Wildman–Crippen LogP) is 6.27. The lowest BCUT2D eigenvalue weighted by atomic mass is 10.1. The molecule has 1 heterocycles. The highest BCUT2D eigenvalue weighted by Gasteiger charge is 2.15. The molecule has 0 spiro atoms. The lowest BCUT2D eigenvalue weighted by Crippen LogP contribution is -2.23. The average molecular weight is 508 g/mol. The van der Waals surface area contributed by atoms with Gasteiger partial charge in [-0.2, -0.15) is 9.78 Å². The molecule has 0 radical (unpaired) electrons. The standard InChI is InChI=1S/C26H23BrFN3O2/c1-3-17(2)25-30-24-13-8-20(27)14-23(24)26(32)31(25)29-15-18-6-11-22(12-7-18)33-16-19-4-9-21(28)10-5-19/h4-15,17H,3,16H2,1-2H3/t17-/m1/s1. The third-order valence-corrected chi connectivity index (χ3v) is 5.90. The van der Waals surface area contributed by atoms with Gasteiger partial charge >= 0.3 is 0 Å². The number of rotatable bonds is 7. The summed E-state index contributed by atoms with van der Waals surface area (Å²) in [5, 5.41) is 4.99. The van der Waals surface area contributed by atoms with Crippen LogP contribution in [0.4, 0.5) is 4.39 Å². The first-order valence-electron chi connectivity index (χ1n) is 10.7. The van der Waals surface area contributed by atoms with E-state index in [1.165, 1.54) is 16.8 Å². The van der Waals surface area contributed by atoms with Gasteiger partial charge in [0.2, 0.25) is 0 Å². The molecule has 1 atom stereocenters. The first-order valence-corrected chi connectivity index (χ1v) is 11.5. The van der Waals surface area contributed by atoms with Crippen molar-refractivity contribution in [1.29, 1.82) is 0 Å². The minimum Gasteiger partial charge on any atom is -0.489 e. The quantitative estimate of drug-likeness (QED) is 0.277. The number of hydrogen-bond acceptors (Lipinski definition) is 4. The van der Waals surface area contributed by atoms with Crippen LogP contribution in [-0.2, 0) is 6.61 Å². The third-order valence-electron chi connectivity index (χ3n) is 5.41. The fraction of sp³-hybridized carbons (Fsp3) is 0.192. The fourth-order valence-corrected chi connectivity index (χ4v) is 3.66. The van der Waals surface area contributed by atoms with Crippen molar-refractivity contribution >= 4 is 33.0 Å². The topological polar surface area (TPSA) is 56.5 Å². The predicted molar refractivity (Wildman–Crippen MR) is 133 cm³/mol. The van der Waals surface area contributed by atoms with E-state index in [2.05, 4.69) is 28.0 Å². The number of aromatic nitrogens is 2. The highest BCUT2D eigenvalue weighted by molar-refractivity contribution is 9.10. The van der Waals surface area contributed by atoms with Crippen LogP contribution >= 0.6 is 15.9 Å². The van der Waals surface area contributed by atoms with Crippen LogP contribution in [0.3, 0.4) is 0 Å². The van der Waals surface area contributed by atoms with E-state index >= 15 is 0 Å². The molecule has 33 heavy (non-hydrogen) atoms. The Bertz CT molecular complexity index is 1350. The molecule has 1 aromatic heterocycles. The molecule has 0 N–H and O–H groups in total. The van der Waals surface area contributed by atoms with Crippen molar-refractivity contribution in [2.24, 2.45) is 5.10 Å². The van der Waals surface area contributed by atoms with Crippen LogP contribution in [0.15, 0.2) is 81.1 Å². The second-order valence-electron chi connectivity index (χ2n) is 7.79. The Morgan fingerprint density at radius 1 is 1.12 bits per heavy atom. The lowest BCUT2D eigenvalue weighted by molar-refractivity contribution is 0.306.